The number of hydrogen-bond acceptors (Lipinski definition) is 6. The van der Waals surface area contributed by atoms with Gasteiger partial charge in [0.25, 0.3) is 5.91 Å². The summed E-state index contributed by atoms with van der Waals surface area (Å²) in [5.74, 6) is -0.378. The number of Topliss-reactive ketones (excluding diaryl/α,β-unsaturated/α-hetero) is 1. The highest BCUT2D eigenvalue weighted by Gasteiger charge is 2.53. The number of ether oxygens (including phenoxy) is 1. The number of ketones is 1. The summed E-state index contributed by atoms with van der Waals surface area (Å²) >= 11 is 0. The number of likely N-dealkylation sites (tertiary alicyclic amines) is 2. The number of β-amino-alcohol motifs (C(OH)–C–C–N with tert-alkyl or cyclic N) is 1. The summed E-state index contributed by atoms with van der Waals surface area (Å²) in [6.45, 7) is 7.86. The van der Waals surface area contributed by atoms with Crippen LogP contribution in [0.15, 0.2) is 24.3 Å². The van der Waals surface area contributed by atoms with Crippen LogP contribution < -0.4 is 5.32 Å². The number of benzene rings is 1. The van der Waals surface area contributed by atoms with Gasteiger partial charge in [-0.05, 0) is 67.8 Å². The Hall–Kier alpha value is -2.29. The highest BCUT2D eigenvalue weighted by atomic mass is 16.5. The van der Waals surface area contributed by atoms with E-state index in [9.17, 15) is 19.5 Å². The van der Waals surface area contributed by atoms with Crippen LogP contribution in [0.2, 0.25) is 0 Å². The predicted octanol–water partition coefficient (Wildman–Crippen LogP) is 2.10. The van der Waals surface area contributed by atoms with Crippen molar-refractivity contribution in [3.8, 4) is 0 Å². The summed E-state index contributed by atoms with van der Waals surface area (Å²) in [7, 11) is 0. The van der Waals surface area contributed by atoms with E-state index >= 15 is 0 Å². The minimum absolute atomic E-state index is 0.0244. The van der Waals surface area contributed by atoms with Crippen LogP contribution in [0.1, 0.15) is 74.7 Å². The molecule has 8 heteroatoms. The zero-order valence-electron chi connectivity index (χ0n) is 21.6. The molecule has 36 heavy (non-hydrogen) atoms. The largest absolute Gasteiger partial charge is 0.388 e. The smallest absolute Gasteiger partial charge is 0.251 e. The summed E-state index contributed by atoms with van der Waals surface area (Å²) in [6.07, 6.45) is 4.75. The minimum atomic E-state index is -0.908. The molecule has 0 aromatic heterocycles. The zero-order valence-corrected chi connectivity index (χ0v) is 21.6. The maximum atomic E-state index is 13.5. The van der Waals surface area contributed by atoms with Crippen LogP contribution in [0.5, 0.6) is 0 Å². The highest BCUT2D eigenvalue weighted by molar-refractivity contribution is 5.99. The Morgan fingerprint density at radius 3 is 2.33 bits per heavy atom. The van der Waals surface area contributed by atoms with Crippen LogP contribution in [-0.2, 0) is 14.3 Å². The molecular weight excluding hydrogens is 458 g/mol. The molecule has 4 fully saturated rings. The minimum Gasteiger partial charge on any atom is -0.388 e. The van der Waals surface area contributed by atoms with Gasteiger partial charge in [0.05, 0.1) is 6.54 Å². The van der Waals surface area contributed by atoms with Crippen molar-refractivity contribution in [3.05, 3.63) is 35.4 Å². The molecule has 3 aliphatic heterocycles. The number of amides is 2. The molecule has 2 amide bonds. The summed E-state index contributed by atoms with van der Waals surface area (Å²) in [5, 5.41) is 13.2. The number of fused-ring (bicyclic) bond motifs is 1. The van der Waals surface area contributed by atoms with Gasteiger partial charge >= 0.3 is 0 Å². The molecule has 1 saturated carbocycles. The molecule has 1 aromatic rings. The van der Waals surface area contributed by atoms with Crippen molar-refractivity contribution < 1.29 is 24.2 Å². The van der Waals surface area contributed by atoms with Crippen molar-refractivity contribution in [1.29, 1.82) is 0 Å². The Kier molecular flexibility index (Phi) is 6.96. The van der Waals surface area contributed by atoms with Crippen molar-refractivity contribution in [1.82, 2.24) is 15.1 Å². The second-order valence-electron chi connectivity index (χ2n) is 12.0. The molecule has 0 spiro atoms. The summed E-state index contributed by atoms with van der Waals surface area (Å²) in [4.78, 5) is 43.1. The predicted molar refractivity (Wildman–Crippen MR) is 135 cm³/mol. The van der Waals surface area contributed by atoms with Gasteiger partial charge in [0.1, 0.15) is 30.9 Å². The number of piperidine rings is 1. The van der Waals surface area contributed by atoms with E-state index in [-0.39, 0.29) is 30.7 Å². The first-order chi connectivity index (χ1) is 17.1. The molecule has 5 rings (SSSR count). The second-order valence-corrected chi connectivity index (χ2v) is 12.0. The van der Waals surface area contributed by atoms with E-state index in [1.54, 1.807) is 0 Å². The van der Waals surface area contributed by atoms with E-state index in [1.165, 1.54) is 29.7 Å². The number of carbonyl (C=O) groups is 3. The zero-order chi connectivity index (χ0) is 25.6. The SMILES string of the molecule is CC(C)(C)C(NC(=O)c1ccc(C2CCN(C3CCC3)CC2)cc1)C(=O)N1C[C@@H](O)[C@H]2OCC(=O)[C@H]21. The van der Waals surface area contributed by atoms with Gasteiger partial charge in [-0.25, -0.2) is 0 Å². The molecule has 196 valence electrons. The average molecular weight is 498 g/mol. The molecular formula is C28H39N3O5. The molecule has 2 N–H and O–H groups in total. The molecule has 8 nitrogen and oxygen atoms in total. The Morgan fingerprint density at radius 2 is 1.75 bits per heavy atom. The van der Waals surface area contributed by atoms with Crippen LogP contribution in [-0.4, -0.2) is 89.1 Å². The number of aliphatic hydroxyl groups is 1. The number of nitrogens with zero attached hydrogens (tertiary/aromatic N) is 2. The van der Waals surface area contributed by atoms with Gasteiger partial charge < -0.3 is 25.0 Å². The molecule has 3 saturated heterocycles. The van der Waals surface area contributed by atoms with Crippen molar-refractivity contribution in [2.45, 2.75) is 89.1 Å². The van der Waals surface area contributed by atoms with Gasteiger partial charge in [-0.2, -0.15) is 0 Å². The number of aliphatic hydroxyl groups excluding tert-OH is 1. The molecule has 4 aliphatic rings. The van der Waals surface area contributed by atoms with Crippen LogP contribution in [0, 0.1) is 5.41 Å². The van der Waals surface area contributed by atoms with Crippen molar-refractivity contribution in [3.63, 3.8) is 0 Å². The second kappa shape index (κ2) is 9.88. The Labute approximate surface area is 213 Å². The monoisotopic (exact) mass is 497 g/mol. The lowest BCUT2D eigenvalue weighted by Gasteiger charge is -2.42. The number of rotatable bonds is 5. The topological polar surface area (TPSA) is 99.2 Å². The van der Waals surface area contributed by atoms with E-state index in [0.717, 1.165) is 32.0 Å². The van der Waals surface area contributed by atoms with Crippen LogP contribution in [0.4, 0.5) is 0 Å². The molecule has 0 bridgehead atoms. The maximum absolute atomic E-state index is 13.5. The van der Waals surface area contributed by atoms with Crippen molar-refractivity contribution in [2.24, 2.45) is 5.41 Å². The molecule has 0 radical (unpaired) electrons. The average Bonchev–Trinajstić information content (AvgIpc) is 3.36. The summed E-state index contributed by atoms with van der Waals surface area (Å²) < 4.78 is 5.40. The van der Waals surface area contributed by atoms with Crippen molar-refractivity contribution >= 4 is 17.6 Å². The standard InChI is InChI=1S/C28H39N3O5/c1-28(2,3)25(27(35)31-15-21(32)24-23(31)22(33)16-36-24)29-26(34)19-9-7-17(8-10-19)18-11-13-30(14-12-18)20-5-4-6-20/h7-10,18,20-21,23-25,32H,4-6,11-16H2,1-3H3,(H,29,34)/t21-,23-,24-,25?/m1/s1. The maximum Gasteiger partial charge on any atom is 0.251 e. The third-order valence-electron chi connectivity index (χ3n) is 8.59. The van der Waals surface area contributed by atoms with Gasteiger partial charge in [-0.3, -0.25) is 14.4 Å². The number of carbonyl (C=O) groups excluding carboxylic acids is 3. The van der Waals surface area contributed by atoms with Crippen LogP contribution in [0.3, 0.4) is 0 Å². The van der Waals surface area contributed by atoms with Gasteiger partial charge in [0, 0.05) is 11.6 Å². The normalized spacial score (nSPS) is 28.6. The molecule has 3 heterocycles. The van der Waals surface area contributed by atoms with Crippen LogP contribution in [0.25, 0.3) is 0 Å². The van der Waals surface area contributed by atoms with Gasteiger partial charge in [0.2, 0.25) is 5.91 Å². The highest BCUT2D eigenvalue weighted by Crippen LogP contribution is 2.34. The molecule has 1 aliphatic carbocycles. The lowest BCUT2D eigenvalue weighted by Crippen LogP contribution is -2.57. The first-order valence-corrected chi connectivity index (χ1v) is 13.4. The Morgan fingerprint density at radius 1 is 1.08 bits per heavy atom. The van der Waals surface area contributed by atoms with Gasteiger partial charge in [-0.15, -0.1) is 0 Å². The Balaban J connectivity index is 1.23. The fraction of sp³-hybridized carbons (Fsp3) is 0.679. The fourth-order valence-corrected chi connectivity index (χ4v) is 6.14. The molecule has 4 atom stereocenters. The first-order valence-electron chi connectivity index (χ1n) is 13.4. The van der Waals surface area contributed by atoms with Gasteiger partial charge in [0.15, 0.2) is 5.78 Å². The lowest BCUT2D eigenvalue weighted by molar-refractivity contribution is -0.140. The van der Waals surface area contributed by atoms with Gasteiger partial charge in [-0.1, -0.05) is 39.3 Å². The van der Waals surface area contributed by atoms with E-state index < -0.39 is 29.7 Å². The number of nitrogens with one attached hydrogen (secondary N) is 1. The summed E-state index contributed by atoms with van der Waals surface area (Å²) in [5.41, 5.74) is 1.18. The molecule has 1 aromatic carbocycles. The summed E-state index contributed by atoms with van der Waals surface area (Å²) in [6, 6.07) is 6.94. The Bertz CT molecular complexity index is 991. The quantitative estimate of drug-likeness (QED) is 0.647. The third-order valence-corrected chi connectivity index (χ3v) is 8.59. The van der Waals surface area contributed by atoms with E-state index in [4.69, 9.17) is 4.74 Å². The third kappa shape index (κ3) is 4.83. The lowest BCUT2D eigenvalue weighted by atomic mass is 9.84. The van der Waals surface area contributed by atoms with Crippen LogP contribution >= 0.6 is 0 Å². The van der Waals surface area contributed by atoms with Crippen molar-refractivity contribution in [2.75, 3.05) is 26.2 Å². The van der Waals surface area contributed by atoms with E-state index in [1.807, 2.05) is 45.0 Å². The first kappa shape index (κ1) is 25.4. The fourth-order valence-electron chi connectivity index (χ4n) is 6.14. The number of hydrogen-bond donors (Lipinski definition) is 2. The molecule has 1 unspecified atom stereocenters. The van der Waals surface area contributed by atoms with E-state index in [2.05, 4.69) is 10.2 Å². The van der Waals surface area contributed by atoms with E-state index in [0.29, 0.717) is 11.5 Å².